The number of rotatable bonds is 11. The SMILES string of the molecule is CCCCC(CCCSc1cccc2c1CN(C1CCC(=O)NC1=O)C2=O)CN1CCC2(CC1)CC2. The lowest BCUT2D eigenvalue weighted by Crippen LogP contribution is -2.52. The molecule has 1 spiro atoms. The number of carbonyl (C=O) groups excluding carboxylic acids is 3. The van der Waals surface area contributed by atoms with Crippen LogP contribution in [0.1, 0.15) is 93.5 Å². The first-order valence-corrected chi connectivity index (χ1v) is 15.1. The molecule has 3 aliphatic heterocycles. The maximum atomic E-state index is 13.1. The van der Waals surface area contributed by atoms with Crippen LogP contribution in [0.2, 0.25) is 0 Å². The van der Waals surface area contributed by atoms with Crippen LogP contribution in [0.5, 0.6) is 0 Å². The molecule has 3 fully saturated rings. The molecule has 7 heteroatoms. The van der Waals surface area contributed by atoms with E-state index in [2.05, 4.69) is 23.2 Å². The smallest absolute Gasteiger partial charge is 0.255 e. The van der Waals surface area contributed by atoms with Crippen LogP contribution in [-0.2, 0) is 16.1 Å². The number of likely N-dealkylation sites (tertiary alicyclic amines) is 1. The van der Waals surface area contributed by atoms with Crippen LogP contribution in [0.25, 0.3) is 0 Å². The van der Waals surface area contributed by atoms with Crippen LogP contribution in [0, 0.1) is 11.3 Å². The number of carbonyl (C=O) groups is 3. The standard InChI is InChI=1S/C29H41N3O3S/c1-2-3-6-21(19-31-16-14-29(12-13-29)15-17-31)7-5-18-36-25-9-4-8-22-23(25)20-32(28(22)35)24-10-11-26(33)30-27(24)34/h4,8-9,21,24H,2-3,5-7,10-20H2,1H3,(H,30,33,34). The van der Waals surface area contributed by atoms with E-state index in [9.17, 15) is 14.4 Å². The molecule has 1 aromatic carbocycles. The van der Waals surface area contributed by atoms with Crippen LogP contribution in [0.4, 0.5) is 0 Å². The summed E-state index contributed by atoms with van der Waals surface area (Å²) in [5.74, 6) is 1.15. The van der Waals surface area contributed by atoms with Crippen molar-refractivity contribution < 1.29 is 14.4 Å². The van der Waals surface area contributed by atoms with Gasteiger partial charge >= 0.3 is 0 Å². The van der Waals surface area contributed by atoms with Crippen molar-refractivity contribution in [1.29, 1.82) is 0 Å². The topological polar surface area (TPSA) is 69.7 Å². The monoisotopic (exact) mass is 511 g/mol. The molecule has 0 aromatic heterocycles. The van der Waals surface area contributed by atoms with Crippen molar-refractivity contribution >= 4 is 29.5 Å². The summed E-state index contributed by atoms with van der Waals surface area (Å²) in [7, 11) is 0. The summed E-state index contributed by atoms with van der Waals surface area (Å²) in [6, 6.07) is 5.39. The highest BCUT2D eigenvalue weighted by Gasteiger charge is 2.44. The van der Waals surface area contributed by atoms with Gasteiger partial charge in [-0.3, -0.25) is 19.7 Å². The zero-order valence-corrected chi connectivity index (χ0v) is 22.5. The Labute approximate surface area is 219 Å². The lowest BCUT2D eigenvalue weighted by molar-refractivity contribution is -0.136. The van der Waals surface area contributed by atoms with Gasteiger partial charge in [0.15, 0.2) is 0 Å². The van der Waals surface area contributed by atoms with Crippen LogP contribution in [0.3, 0.4) is 0 Å². The Morgan fingerprint density at radius 2 is 1.86 bits per heavy atom. The highest BCUT2D eigenvalue weighted by Crippen LogP contribution is 2.53. The molecule has 3 heterocycles. The third kappa shape index (κ3) is 5.83. The minimum Gasteiger partial charge on any atom is -0.322 e. The number of nitrogens with zero attached hydrogens (tertiary/aromatic N) is 2. The number of benzene rings is 1. The van der Waals surface area contributed by atoms with Gasteiger partial charge in [0.25, 0.3) is 5.91 Å². The summed E-state index contributed by atoms with van der Waals surface area (Å²) in [6.07, 6.45) is 12.8. The number of nitrogens with one attached hydrogen (secondary N) is 1. The fourth-order valence-corrected chi connectivity index (χ4v) is 7.37. The number of piperidine rings is 2. The van der Waals surface area contributed by atoms with E-state index in [0.29, 0.717) is 18.5 Å². The molecule has 196 valence electrons. The first-order valence-electron chi connectivity index (χ1n) is 14.1. The molecule has 2 atom stereocenters. The molecular weight excluding hydrogens is 470 g/mol. The fraction of sp³-hybridized carbons (Fsp3) is 0.690. The molecule has 2 saturated heterocycles. The van der Waals surface area contributed by atoms with Gasteiger partial charge in [-0.2, -0.15) is 0 Å². The van der Waals surface area contributed by atoms with Gasteiger partial charge in [0, 0.05) is 30.0 Å². The number of hydrogen-bond donors (Lipinski definition) is 1. The predicted molar refractivity (Wildman–Crippen MR) is 143 cm³/mol. The summed E-state index contributed by atoms with van der Waals surface area (Å²) in [5.41, 5.74) is 2.50. The van der Waals surface area contributed by atoms with E-state index in [1.807, 2.05) is 23.9 Å². The average molecular weight is 512 g/mol. The Morgan fingerprint density at radius 1 is 1.08 bits per heavy atom. The molecule has 0 radical (unpaired) electrons. The number of unbranched alkanes of at least 4 members (excludes halogenated alkanes) is 1. The van der Waals surface area contributed by atoms with Gasteiger partial charge in [0.2, 0.25) is 11.8 Å². The first kappa shape index (κ1) is 25.8. The highest BCUT2D eigenvalue weighted by atomic mass is 32.2. The normalized spacial score (nSPS) is 24.2. The molecule has 3 amide bonds. The Hall–Kier alpha value is -1.86. The Kier molecular flexibility index (Phi) is 8.06. The molecule has 6 nitrogen and oxygen atoms in total. The number of imide groups is 1. The van der Waals surface area contributed by atoms with Gasteiger partial charge in [-0.05, 0) is 99.2 Å². The highest BCUT2D eigenvalue weighted by molar-refractivity contribution is 7.99. The minimum atomic E-state index is -0.552. The van der Waals surface area contributed by atoms with Crippen molar-refractivity contribution in [2.75, 3.05) is 25.4 Å². The van der Waals surface area contributed by atoms with Crippen LogP contribution >= 0.6 is 11.8 Å². The molecule has 2 unspecified atom stereocenters. The zero-order chi connectivity index (χ0) is 25.1. The predicted octanol–water partition coefficient (Wildman–Crippen LogP) is 5.00. The lowest BCUT2D eigenvalue weighted by Gasteiger charge is -2.34. The number of fused-ring (bicyclic) bond motifs is 1. The van der Waals surface area contributed by atoms with Gasteiger partial charge in [-0.25, -0.2) is 0 Å². The maximum absolute atomic E-state index is 13.1. The van der Waals surface area contributed by atoms with Crippen molar-refractivity contribution in [3.8, 4) is 0 Å². The van der Waals surface area contributed by atoms with Gasteiger partial charge in [0.1, 0.15) is 6.04 Å². The van der Waals surface area contributed by atoms with Crippen molar-refractivity contribution in [3.05, 3.63) is 29.3 Å². The summed E-state index contributed by atoms with van der Waals surface area (Å²) >= 11 is 1.85. The maximum Gasteiger partial charge on any atom is 0.255 e. The van der Waals surface area contributed by atoms with E-state index in [4.69, 9.17) is 0 Å². The summed E-state index contributed by atoms with van der Waals surface area (Å²) in [4.78, 5) is 42.5. The Bertz CT molecular complexity index is 982. The second-order valence-corrected chi connectivity index (χ2v) is 12.6. The summed E-state index contributed by atoms with van der Waals surface area (Å²) in [6.45, 7) is 6.60. The number of amides is 3. The average Bonchev–Trinajstić information content (AvgIpc) is 3.55. The largest absolute Gasteiger partial charge is 0.322 e. The summed E-state index contributed by atoms with van der Waals surface area (Å²) in [5, 5.41) is 2.39. The minimum absolute atomic E-state index is 0.0870. The van der Waals surface area contributed by atoms with Gasteiger partial charge in [0.05, 0.1) is 0 Å². The molecule has 4 aliphatic rings. The molecule has 1 saturated carbocycles. The van der Waals surface area contributed by atoms with Crippen molar-refractivity contribution in [3.63, 3.8) is 0 Å². The van der Waals surface area contributed by atoms with E-state index >= 15 is 0 Å². The quantitative estimate of drug-likeness (QED) is 0.257. The van der Waals surface area contributed by atoms with Crippen LogP contribution < -0.4 is 5.32 Å². The summed E-state index contributed by atoms with van der Waals surface area (Å²) < 4.78 is 0. The van der Waals surface area contributed by atoms with E-state index in [1.54, 1.807) is 4.90 Å². The van der Waals surface area contributed by atoms with E-state index in [0.717, 1.165) is 27.5 Å². The molecule has 1 aliphatic carbocycles. The zero-order valence-electron chi connectivity index (χ0n) is 21.7. The number of hydrogen-bond acceptors (Lipinski definition) is 5. The first-order chi connectivity index (χ1) is 17.5. The third-order valence-corrected chi connectivity index (χ3v) is 10.1. The van der Waals surface area contributed by atoms with Gasteiger partial charge in [-0.15, -0.1) is 11.8 Å². The van der Waals surface area contributed by atoms with Crippen molar-refractivity contribution in [1.82, 2.24) is 15.1 Å². The van der Waals surface area contributed by atoms with E-state index in [1.165, 1.54) is 77.4 Å². The Balaban J connectivity index is 1.13. The molecule has 1 N–H and O–H groups in total. The van der Waals surface area contributed by atoms with Gasteiger partial charge < -0.3 is 9.80 Å². The Morgan fingerprint density at radius 3 is 2.58 bits per heavy atom. The van der Waals surface area contributed by atoms with Crippen LogP contribution in [-0.4, -0.2) is 59.0 Å². The molecule has 5 rings (SSSR count). The molecule has 1 aromatic rings. The molecular formula is C29H41N3O3S. The fourth-order valence-electron chi connectivity index (χ4n) is 6.32. The second kappa shape index (κ2) is 11.3. The van der Waals surface area contributed by atoms with Crippen molar-refractivity contribution in [2.45, 2.75) is 95.0 Å². The second-order valence-electron chi connectivity index (χ2n) is 11.5. The molecule has 0 bridgehead atoms. The van der Waals surface area contributed by atoms with Gasteiger partial charge in [-0.1, -0.05) is 25.8 Å². The van der Waals surface area contributed by atoms with E-state index in [-0.39, 0.29) is 24.1 Å². The third-order valence-electron chi connectivity index (χ3n) is 8.91. The lowest BCUT2D eigenvalue weighted by atomic mass is 9.91. The van der Waals surface area contributed by atoms with Crippen molar-refractivity contribution in [2.24, 2.45) is 11.3 Å². The molecule has 36 heavy (non-hydrogen) atoms. The van der Waals surface area contributed by atoms with E-state index < -0.39 is 6.04 Å². The van der Waals surface area contributed by atoms with Crippen LogP contribution in [0.15, 0.2) is 23.1 Å². The number of thioether (sulfide) groups is 1.